The third-order valence-corrected chi connectivity index (χ3v) is 5.23. The summed E-state index contributed by atoms with van der Waals surface area (Å²) in [5.41, 5.74) is 3.57. The van der Waals surface area contributed by atoms with Gasteiger partial charge in [-0.25, -0.2) is 4.98 Å². The molecule has 0 unspecified atom stereocenters. The van der Waals surface area contributed by atoms with E-state index in [1.807, 2.05) is 12.1 Å². The van der Waals surface area contributed by atoms with Crippen molar-refractivity contribution in [1.29, 1.82) is 0 Å². The van der Waals surface area contributed by atoms with Crippen molar-refractivity contribution in [3.05, 3.63) is 59.9 Å². The van der Waals surface area contributed by atoms with Crippen LogP contribution in [0.1, 0.15) is 49.4 Å². The van der Waals surface area contributed by atoms with Crippen molar-refractivity contribution in [2.75, 3.05) is 6.61 Å². The number of rotatable bonds is 5. The predicted molar refractivity (Wildman–Crippen MR) is 102 cm³/mol. The Morgan fingerprint density at radius 2 is 1.88 bits per heavy atom. The van der Waals surface area contributed by atoms with Gasteiger partial charge in [0.2, 0.25) is 0 Å². The van der Waals surface area contributed by atoms with Gasteiger partial charge in [0.1, 0.15) is 18.2 Å². The van der Waals surface area contributed by atoms with Crippen molar-refractivity contribution >= 4 is 11.0 Å². The number of hydrogen-bond acceptors (Lipinski definition) is 2. The van der Waals surface area contributed by atoms with E-state index in [9.17, 15) is 0 Å². The van der Waals surface area contributed by atoms with Crippen LogP contribution in [-0.4, -0.2) is 16.2 Å². The summed E-state index contributed by atoms with van der Waals surface area (Å²) in [6.07, 6.45) is 6.55. The molecule has 0 saturated heterocycles. The fraction of sp³-hybridized carbons (Fsp3) is 0.409. The number of hydrogen-bond donors (Lipinski definition) is 0. The maximum atomic E-state index is 6.00. The van der Waals surface area contributed by atoms with E-state index in [4.69, 9.17) is 9.72 Å². The molecule has 130 valence electrons. The number of fused-ring (bicyclic) bond motifs is 1. The molecule has 0 bridgehead atoms. The van der Waals surface area contributed by atoms with E-state index >= 15 is 0 Å². The molecule has 1 aliphatic carbocycles. The first kappa shape index (κ1) is 16.2. The predicted octanol–water partition coefficient (Wildman–Crippen LogP) is 5.47. The second-order valence-electron chi connectivity index (χ2n) is 7.11. The number of imidazole rings is 1. The van der Waals surface area contributed by atoms with E-state index in [2.05, 4.69) is 47.9 Å². The van der Waals surface area contributed by atoms with Gasteiger partial charge in [-0.1, -0.05) is 43.5 Å². The molecule has 3 nitrogen and oxygen atoms in total. The molecule has 0 aliphatic heterocycles. The molecule has 3 aromatic rings. The zero-order chi connectivity index (χ0) is 17.1. The van der Waals surface area contributed by atoms with Gasteiger partial charge in [0, 0.05) is 5.92 Å². The van der Waals surface area contributed by atoms with Gasteiger partial charge in [-0.15, -0.1) is 0 Å². The van der Waals surface area contributed by atoms with Crippen molar-refractivity contribution in [2.24, 2.45) is 0 Å². The van der Waals surface area contributed by atoms with Crippen LogP contribution in [0, 0.1) is 6.92 Å². The topological polar surface area (TPSA) is 27.1 Å². The highest BCUT2D eigenvalue weighted by atomic mass is 16.5. The summed E-state index contributed by atoms with van der Waals surface area (Å²) >= 11 is 0. The van der Waals surface area contributed by atoms with Crippen LogP contribution in [0.4, 0.5) is 0 Å². The lowest BCUT2D eigenvalue weighted by molar-refractivity contribution is 0.294. The van der Waals surface area contributed by atoms with E-state index in [-0.39, 0.29) is 0 Å². The number of aromatic nitrogens is 2. The summed E-state index contributed by atoms with van der Waals surface area (Å²) in [5, 5.41) is 0. The SMILES string of the molecule is Cc1cccc(OCCn2c(C3CCCCC3)nc3ccccc32)c1. The molecule has 4 rings (SSSR count). The molecular formula is C22H26N2O. The fourth-order valence-corrected chi connectivity index (χ4v) is 3.96. The van der Waals surface area contributed by atoms with Crippen LogP contribution in [0.25, 0.3) is 11.0 Å². The monoisotopic (exact) mass is 334 g/mol. The van der Waals surface area contributed by atoms with Crippen LogP contribution in [-0.2, 0) is 6.54 Å². The minimum Gasteiger partial charge on any atom is -0.492 e. The normalized spacial score (nSPS) is 15.6. The Labute approximate surface area is 149 Å². The molecule has 0 atom stereocenters. The highest BCUT2D eigenvalue weighted by Crippen LogP contribution is 2.33. The molecule has 0 spiro atoms. The number of aryl methyl sites for hydroxylation is 1. The minimum absolute atomic E-state index is 0.597. The first-order chi connectivity index (χ1) is 12.3. The molecule has 1 heterocycles. The summed E-state index contributed by atoms with van der Waals surface area (Å²) in [7, 11) is 0. The van der Waals surface area contributed by atoms with Gasteiger partial charge in [0.05, 0.1) is 17.6 Å². The molecule has 1 aromatic heterocycles. The van der Waals surface area contributed by atoms with Gasteiger partial charge >= 0.3 is 0 Å². The number of ether oxygens (including phenoxy) is 1. The van der Waals surface area contributed by atoms with Crippen LogP contribution in [0.2, 0.25) is 0 Å². The molecule has 1 fully saturated rings. The fourth-order valence-electron chi connectivity index (χ4n) is 3.96. The van der Waals surface area contributed by atoms with Gasteiger partial charge in [-0.2, -0.15) is 0 Å². The van der Waals surface area contributed by atoms with Crippen LogP contribution in [0.3, 0.4) is 0 Å². The molecule has 2 aromatic carbocycles. The second-order valence-corrected chi connectivity index (χ2v) is 7.11. The second kappa shape index (κ2) is 7.30. The summed E-state index contributed by atoms with van der Waals surface area (Å²) in [6.45, 7) is 3.61. The summed E-state index contributed by atoms with van der Waals surface area (Å²) in [5.74, 6) is 2.80. The number of benzene rings is 2. The molecule has 0 radical (unpaired) electrons. The Kier molecular flexibility index (Phi) is 4.73. The highest BCUT2D eigenvalue weighted by Gasteiger charge is 2.22. The average molecular weight is 334 g/mol. The maximum absolute atomic E-state index is 6.00. The van der Waals surface area contributed by atoms with Crippen molar-refractivity contribution in [3.63, 3.8) is 0 Å². The van der Waals surface area contributed by atoms with Crippen LogP contribution in [0.5, 0.6) is 5.75 Å². The quantitative estimate of drug-likeness (QED) is 0.618. The maximum Gasteiger partial charge on any atom is 0.119 e. The molecule has 1 saturated carbocycles. The van der Waals surface area contributed by atoms with Gasteiger partial charge in [0.15, 0.2) is 0 Å². The lowest BCUT2D eigenvalue weighted by Gasteiger charge is -2.22. The van der Waals surface area contributed by atoms with Crippen LogP contribution in [0.15, 0.2) is 48.5 Å². The average Bonchev–Trinajstić information content (AvgIpc) is 3.01. The Balaban J connectivity index is 1.56. The lowest BCUT2D eigenvalue weighted by Crippen LogP contribution is -2.15. The van der Waals surface area contributed by atoms with E-state index in [1.54, 1.807) is 0 Å². The van der Waals surface area contributed by atoms with E-state index < -0.39 is 0 Å². The standard InChI is InChI=1S/C22H26N2O/c1-17-8-7-11-19(16-17)25-15-14-24-21-13-6-5-12-20(21)23-22(24)18-9-3-2-4-10-18/h5-8,11-13,16,18H,2-4,9-10,14-15H2,1H3. The Hall–Kier alpha value is -2.29. The summed E-state index contributed by atoms with van der Waals surface area (Å²) in [4.78, 5) is 4.98. The van der Waals surface area contributed by atoms with Crippen molar-refractivity contribution in [2.45, 2.75) is 51.5 Å². The minimum atomic E-state index is 0.597. The molecule has 1 aliphatic rings. The third-order valence-electron chi connectivity index (χ3n) is 5.23. The molecule has 0 N–H and O–H groups in total. The lowest BCUT2D eigenvalue weighted by atomic mass is 9.88. The van der Waals surface area contributed by atoms with Crippen molar-refractivity contribution in [1.82, 2.24) is 9.55 Å². The Morgan fingerprint density at radius 3 is 2.72 bits per heavy atom. The van der Waals surface area contributed by atoms with Crippen molar-refractivity contribution in [3.8, 4) is 5.75 Å². The summed E-state index contributed by atoms with van der Waals surface area (Å²) in [6, 6.07) is 16.7. The molecule has 0 amide bonds. The number of para-hydroxylation sites is 2. The first-order valence-electron chi connectivity index (χ1n) is 9.46. The third kappa shape index (κ3) is 3.55. The van der Waals surface area contributed by atoms with Gasteiger partial charge in [-0.3, -0.25) is 0 Å². The van der Waals surface area contributed by atoms with E-state index in [0.29, 0.717) is 12.5 Å². The van der Waals surface area contributed by atoms with Crippen LogP contribution < -0.4 is 4.74 Å². The zero-order valence-corrected chi connectivity index (χ0v) is 14.9. The van der Waals surface area contributed by atoms with E-state index in [1.165, 1.54) is 49.0 Å². The smallest absolute Gasteiger partial charge is 0.119 e. The highest BCUT2D eigenvalue weighted by molar-refractivity contribution is 5.76. The largest absolute Gasteiger partial charge is 0.492 e. The molecular weight excluding hydrogens is 308 g/mol. The zero-order valence-electron chi connectivity index (χ0n) is 14.9. The van der Waals surface area contributed by atoms with Gasteiger partial charge in [0.25, 0.3) is 0 Å². The Bertz CT molecular complexity index is 846. The Morgan fingerprint density at radius 1 is 1.04 bits per heavy atom. The number of nitrogens with zero attached hydrogens (tertiary/aromatic N) is 2. The van der Waals surface area contributed by atoms with Crippen LogP contribution >= 0.6 is 0 Å². The van der Waals surface area contributed by atoms with Gasteiger partial charge < -0.3 is 9.30 Å². The molecule has 3 heteroatoms. The van der Waals surface area contributed by atoms with Gasteiger partial charge in [-0.05, 0) is 49.6 Å². The van der Waals surface area contributed by atoms with Crippen molar-refractivity contribution < 1.29 is 4.74 Å². The first-order valence-corrected chi connectivity index (χ1v) is 9.46. The molecule has 25 heavy (non-hydrogen) atoms. The summed E-state index contributed by atoms with van der Waals surface area (Å²) < 4.78 is 8.39. The van der Waals surface area contributed by atoms with E-state index in [0.717, 1.165) is 17.8 Å².